The first-order valence-corrected chi connectivity index (χ1v) is 13.2. The number of hydrogen-bond acceptors (Lipinski definition) is 4. The molecule has 0 aromatic heterocycles. The molecule has 2 fully saturated rings. The van der Waals surface area contributed by atoms with E-state index in [0.29, 0.717) is 17.4 Å². The van der Waals surface area contributed by atoms with E-state index in [1.807, 2.05) is 29.2 Å². The number of nitrogens with one attached hydrogen (secondary N) is 1. The summed E-state index contributed by atoms with van der Waals surface area (Å²) < 4.78 is 5.27. The zero-order chi connectivity index (χ0) is 24.2. The number of rotatable bonds is 5. The lowest BCUT2D eigenvalue weighted by atomic mass is 9.86. The van der Waals surface area contributed by atoms with E-state index < -0.39 is 0 Å². The van der Waals surface area contributed by atoms with Gasteiger partial charge in [0.25, 0.3) is 5.91 Å². The van der Waals surface area contributed by atoms with Crippen molar-refractivity contribution >= 4 is 11.8 Å². The molecule has 3 aliphatic rings. The van der Waals surface area contributed by atoms with Crippen LogP contribution in [-0.2, 0) is 11.2 Å². The standard InChI is InChI=1S/C29H37N3O3/c1-35-25-9-4-8-23(20-25)29(34)32-18-14-24(15-19-32)31-16-12-22(13-17-31)28(33)30-27-11-5-7-21-6-2-3-10-26(21)27/h2-4,6,8-10,20,22,24,27H,5,7,11-19H2,1H3,(H,30,33). The first-order valence-electron chi connectivity index (χ1n) is 13.2. The number of amides is 2. The molecule has 1 aliphatic carbocycles. The van der Waals surface area contributed by atoms with E-state index in [1.54, 1.807) is 7.11 Å². The highest BCUT2D eigenvalue weighted by molar-refractivity contribution is 5.94. The van der Waals surface area contributed by atoms with Gasteiger partial charge in [-0.1, -0.05) is 30.3 Å². The molecule has 6 nitrogen and oxygen atoms in total. The number of methoxy groups -OCH3 is 1. The number of likely N-dealkylation sites (tertiary alicyclic amines) is 2. The van der Waals surface area contributed by atoms with Gasteiger partial charge < -0.3 is 19.9 Å². The minimum Gasteiger partial charge on any atom is -0.497 e. The molecule has 2 amide bonds. The molecule has 2 aliphatic heterocycles. The topological polar surface area (TPSA) is 61.9 Å². The molecule has 1 N–H and O–H groups in total. The van der Waals surface area contributed by atoms with Crippen LogP contribution in [0.15, 0.2) is 48.5 Å². The van der Waals surface area contributed by atoms with Crippen LogP contribution in [0.25, 0.3) is 0 Å². The number of piperidine rings is 2. The summed E-state index contributed by atoms with van der Waals surface area (Å²) in [4.78, 5) is 30.5. The average molecular weight is 476 g/mol. The number of hydrogen-bond donors (Lipinski definition) is 1. The molecule has 0 bridgehead atoms. The van der Waals surface area contributed by atoms with E-state index >= 15 is 0 Å². The highest BCUT2D eigenvalue weighted by atomic mass is 16.5. The Labute approximate surface area is 208 Å². The number of nitrogens with zero attached hydrogens (tertiary/aromatic N) is 2. The summed E-state index contributed by atoms with van der Waals surface area (Å²) in [6.45, 7) is 3.49. The van der Waals surface area contributed by atoms with Crippen LogP contribution in [0.3, 0.4) is 0 Å². The van der Waals surface area contributed by atoms with Crippen molar-refractivity contribution in [3.05, 3.63) is 65.2 Å². The van der Waals surface area contributed by atoms with Crippen molar-refractivity contribution in [3.8, 4) is 5.75 Å². The van der Waals surface area contributed by atoms with Crippen LogP contribution >= 0.6 is 0 Å². The van der Waals surface area contributed by atoms with Gasteiger partial charge in [-0.05, 0) is 87.4 Å². The van der Waals surface area contributed by atoms with Crippen LogP contribution in [0, 0.1) is 5.92 Å². The van der Waals surface area contributed by atoms with Gasteiger partial charge in [0.15, 0.2) is 0 Å². The molecular weight excluding hydrogens is 438 g/mol. The Morgan fingerprint density at radius 1 is 0.914 bits per heavy atom. The number of benzene rings is 2. The first kappa shape index (κ1) is 23.9. The smallest absolute Gasteiger partial charge is 0.253 e. The monoisotopic (exact) mass is 475 g/mol. The normalized spacial score (nSPS) is 21.9. The van der Waals surface area contributed by atoms with Crippen molar-refractivity contribution < 1.29 is 14.3 Å². The van der Waals surface area contributed by atoms with E-state index in [1.165, 1.54) is 11.1 Å². The summed E-state index contributed by atoms with van der Waals surface area (Å²) in [5, 5.41) is 3.37. The number of carbonyl (C=O) groups is 2. The van der Waals surface area contributed by atoms with E-state index in [-0.39, 0.29) is 23.8 Å². The second-order valence-electron chi connectivity index (χ2n) is 10.2. The minimum absolute atomic E-state index is 0.0852. The molecular formula is C29H37N3O3. The fourth-order valence-electron chi connectivity index (χ4n) is 6.09. The average Bonchev–Trinajstić information content (AvgIpc) is 2.93. The molecule has 0 radical (unpaired) electrons. The van der Waals surface area contributed by atoms with E-state index in [0.717, 1.165) is 71.1 Å². The Morgan fingerprint density at radius 2 is 1.69 bits per heavy atom. The zero-order valence-corrected chi connectivity index (χ0v) is 20.7. The van der Waals surface area contributed by atoms with Crippen molar-refractivity contribution in [1.82, 2.24) is 15.1 Å². The molecule has 6 heteroatoms. The molecule has 1 atom stereocenters. The largest absolute Gasteiger partial charge is 0.497 e. The van der Waals surface area contributed by atoms with Gasteiger partial charge in [-0.25, -0.2) is 0 Å². The number of carbonyl (C=O) groups excluding carboxylic acids is 2. The predicted octanol–water partition coefficient (Wildman–Crippen LogP) is 4.21. The van der Waals surface area contributed by atoms with Gasteiger partial charge in [-0.3, -0.25) is 9.59 Å². The fraction of sp³-hybridized carbons (Fsp3) is 0.517. The van der Waals surface area contributed by atoms with Gasteiger partial charge >= 0.3 is 0 Å². The van der Waals surface area contributed by atoms with Crippen LogP contribution < -0.4 is 10.1 Å². The van der Waals surface area contributed by atoms with E-state index in [2.05, 4.69) is 34.5 Å². The summed E-state index contributed by atoms with van der Waals surface area (Å²) in [6.07, 6.45) is 7.11. The Kier molecular flexibility index (Phi) is 7.37. The molecule has 1 unspecified atom stereocenters. The molecule has 2 saturated heterocycles. The van der Waals surface area contributed by atoms with Crippen LogP contribution in [-0.4, -0.2) is 60.9 Å². The van der Waals surface area contributed by atoms with Gasteiger partial charge in [0, 0.05) is 30.6 Å². The summed E-state index contributed by atoms with van der Waals surface area (Å²) in [7, 11) is 1.62. The Hall–Kier alpha value is -2.86. The van der Waals surface area contributed by atoms with Crippen LogP contribution in [0.2, 0.25) is 0 Å². The van der Waals surface area contributed by atoms with E-state index in [9.17, 15) is 9.59 Å². The maximum Gasteiger partial charge on any atom is 0.253 e. The SMILES string of the molecule is COc1cccc(C(=O)N2CCC(N3CCC(C(=O)NC4CCCc5ccccc54)CC3)CC2)c1. The molecule has 186 valence electrons. The zero-order valence-electron chi connectivity index (χ0n) is 20.7. The van der Waals surface area contributed by atoms with Gasteiger partial charge in [0.1, 0.15) is 5.75 Å². The number of aryl methyl sites for hydroxylation is 1. The third-order valence-electron chi connectivity index (χ3n) is 8.17. The molecule has 0 spiro atoms. The van der Waals surface area contributed by atoms with Gasteiger partial charge in [-0.15, -0.1) is 0 Å². The maximum absolute atomic E-state index is 13.1. The molecule has 35 heavy (non-hydrogen) atoms. The van der Waals surface area contributed by atoms with Gasteiger partial charge in [-0.2, -0.15) is 0 Å². The van der Waals surface area contributed by atoms with Crippen molar-refractivity contribution in [2.75, 3.05) is 33.3 Å². The number of fused-ring (bicyclic) bond motifs is 1. The molecule has 0 saturated carbocycles. The Bertz CT molecular complexity index is 1040. The summed E-state index contributed by atoms with van der Waals surface area (Å²) in [5.74, 6) is 1.13. The lowest BCUT2D eigenvalue weighted by Crippen LogP contribution is -2.50. The lowest BCUT2D eigenvalue weighted by molar-refractivity contribution is -0.127. The second kappa shape index (κ2) is 10.8. The molecule has 2 aromatic carbocycles. The Morgan fingerprint density at radius 3 is 2.46 bits per heavy atom. The highest BCUT2D eigenvalue weighted by Crippen LogP contribution is 2.31. The van der Waals surface area contributed by atoms with Crippen molar-refractivity contribution in [2.24, 2.45) is 5.92 Å². The molecule has 2 heterocycles. The minimum atomic E-state index is 0.0852. The van der Waals surface area contributed by atoms with E-state index in [4.69, 9.17) is 4.74 Å². The van der Waals surface area contributed by atoms with Crippen LogP contribution in [0.4, 0.5) is 0 Å². The molecule has 5 rings (SSSR count). The third kappa shape index (κ3) is 5.37. The van der Waals surface area contributed by atoms with Crippen LogP contribution in [0.1, 0.15) is 66.1 Å². The second-order valence-corrected chi connectivity index (χ2v) is 10.2. The summed E-state index contributed by atoms with van der Waals surface area (Å²) in [6, 6.07) is 16.6. The van der Waals surface area contributed by atoms with Gasteiger partial charge in [0.2, 0.25) is 5.91 Å². The van der Waals surface area contributed by atoms with Crippen LogP contribution in [0.5, 0.6) is 5.75 Å². The fourth-order valence-corrected chi connectivity index (χ4v) is 6.09. The predicted molar refractivity (Wildman–Crippen MR) is 136 cm³/mol. The van der Waals surface area contributed by atoms with Crippen molar-refractivity contribution in [3.63, 3.8) is 0 Å². The molecule has 2 aromatic rings. The first-order chi connectivity index (χ1) is 17.1. The van der Waals surface area contributed by atoms with Crippen molar-refractivity contribution in [2.45, 2.75) is 57.0 Å². The summed E-state index contributed by atoms with van der Waals surface area (Å²) in [5.41, 5.74) is 3.38. The quantitative estimate of drug-likeness (QED) is 0.704. The van der Waals surface area contributed by atoms with Crippen molar-refractivity contribution in [1.29, 1.82) is 0 Å². The maximum atomic E-state index is 13.1. The Balaban J connectivity index is 1.09. The number of ether oxygens (including phenoxy) is 1. The summed E-state index contributed by atoms with van der Waals surface area (Å²) >= 11 is 0. The van der Waals surface area contributed by atoms with Gasteiger partial charge in [0.05, 0.1) is 13.2 Å². The lowest BCUT2D eigenvalue weighted by Gasteiger charge is -2.41. The highest BCUT2D eigenvalue weighted by Gasteiger charge is 2.33. The third-order valence-corrected chi connectivity index (χ3v) is 8.17.